The van der Waals surface area contributed by atoms with Gasteiger partial charge >= 0.3 is 0 Å². The highest BCUT2D eigenvalue weighted by molar-refractivity contribution is 7.14. The molecule has 124 valence electrons. The molecule has 23 heavy (non-hydrogen) atoms. The lowest BCUT2D eigenvalue weighted by Crippen LogP contribution is -2.41. The quantitative estimate of drug-likeness (QED) is 0.932. The maximum atomic E-state index is 12.6. The van der Waals surface area contributed by atoms with Gasteiger partial charge in [0.05, 0.1) is 10.4 Å². The lowest BCUT2D eigenvalue weighted by Gasteiger charge is -2.22. The third-order valence-electron chi connectivity index (χ3n) is 4.02. The third kappa shape index (κ3) is 3.17. The third-order valence-corrected chi connectivity index (χ3v) is 5.26. The molecule has 6 heteroatoms. The van der Waals surface area contributed by atoms with E-state index in [2.05, 4.69) is 15.5 Å². The highest BCUT2D eigenvalue weighted by atomic mass is 32.1. The van der Waals surface area contributed by atoms with Crippen molar-refractivity contribution in [3.05, 3.63) is 33.1 Å². The molecule has 3 rings (SSSR count). The smallest absolute Gasteiger partial charge is 0.262 e. The monoisotopic (exact) mass is 333 g/mol. The zero-order chi connectivity index (χ0) is 16.8. The predicted molar refractivity (Wildman–Crippen MR) is 89.8 cm³/mol. The van der Waals surface area contributed by atoms with Crippen molar-refractivity contribution in [2.45, 2.75) is 64.8 Å². The Kier molecular flexibility index (Phi) is 3.83. The first-order valence-electron chi connectivity index (χ1n) is 7.95. The molecule has 1 amide bonds. The molecule has 0 spiro atoms. The largest absolute Gasteiger partial charge is 0.339 e. The number of amides is 1. The number of hydrogen-bond donors (Lipinski definition) is 1. The van der Waals surface area contributed by atoms with Crippen molar-refractivity contribution >= 4 is 17.2 Å². The number of aromatic nitrogens is 2. The van der Waals surface area contributed by atoms with Gasteiger partial charge in [-0.15, -0.1) is 11.3 Å². The summed E-state index contributed by atoms with van der Waals surface area (Å²) < 4.78 is 5.34. The summed E-state index contributed by atoms with van der Waals surface area (Å²) >= 11 is 1.60. The summed E-state index contributed by atoms with van der Waals surface area (Å²) in [7, 11) is 0. The first-order chi connectivity index (χ1) is 10.7. The van der Waals surface area contributed by atoms with Crippen LogP contribution in [0.5, 0.6) is 0 Å². The molecule has 0 atom stereocenters. The first-order valence-corrected chi connectivity index (χ1v) is 8.77. The summed E-state index contributed by atoms with van der Waals surface area (Å²) in [6, 6.07) is 2.02. The van der Waals surface area contributed by atoms with Crippen molar-refractivity contribution in [3.63, 3.8) is 0 Å². The van der Waals surface area contributed by atoms with Crippen molar-refractivity contribution in [1.29, 1.82) is 0 Å². The van der Waals surface area contributed by atoms with Crippen LogP contribution in [0.1, 0.15) is 72.9 Å². The molecule has 0 saturated carbocycles. The molecule has 1 aliphatic rings. The number of nitrogens with zero attached hydrogens (tertiary/aromatic N) is 2. The van der Waals surface area contributed by atoms with Crippen molar-refractivity contribution in [2.75, 3.05) is 0 Å². The van der Waals surface area contributed by atoms with E-state index in [0.717, 1.165) is 17.7 Å². The molecular weight excluding hydrogens is 310 g/mol. The Labute approximate surface area is 140 Å². The van der Waals surface area contributed by atoms with E-state index in [1.54, 1.807) is 11.3 Å². The molecule has 0 bridgehead atoms. The van der Waals surface area contributed by atoms with Crippen LogP contribution < -0.4 is 5.32 Å². The highest BCUT2D eigenvalue weighted by Gasteiger charge is 2.32. The lowest BCUT2D eigenvalue weighted by molar-refractivity contribution is 0.0911. The number of fused-ring (bicyclic) bond motifs is 1. The number of thiophene rings is 1. The number of hydrogen-bond acceptors (Lipinski definition) is 5. The van der Waals surface area contributed by atoms with E-state index in [0.29, 0.717) is 11.7 Å². The van der Waals surface area contributed by atoms with Gasteiger partial charge in [-0.25, -0.2) is 0 Å². The summed E-state index contributed by atoms with van der Waals surface area (Å²) in [5.41, 5.74) is 0.436. The fraction of sp³-hybridized carbons (Fsp3) is 0.588. The van der Waals surface area contributed by atoms with Crippen molar-refractivity contribution in [3.8, 4) is 0 Å². The van der Waals surface area contributed by atoms with Crippen molar-refractivity contribution in [1.82, 2.24) is 15.5 Å². The Morgan fingerprint density at radius 2 is 2.00 bits per heavy atom. The normalized spacial score (nSPS) is 14.8. The van der Waals surface area contributed by atoms with Gasteiger partial charge in [-0.2, -0.15) is 4.98 Å². The Morgan fingerprint density at radius 1 is 1.26 bits per heavy atom. The van der Waals surface area contributed by atoms with Crippen molar-refractivity contribution < 1.29 is 9.32 Å². The van der Waals surface area contributed by atoms with Crippen LogP contribution in [0.2, 0.25) is 0 Å². The second-order valence-corrected chi connectivity index (χ2v) is 8.80. The highest BCUT2D eigenvalue weighted by Crippen LogP contribution is 2.31. The van der Waals surface area contributed by atoms with Gasteiger partial charge in [-0.1, -0.05) is 25.9 Å². The van der Waals surface area contributed by atoms with E-state index < -0.39 is 5.54 Å². The van der Waals surface area contributed by atoms with Gasteiger partial charge in [0.15, 0.2) is 5.82 Å². The second-order valence-electron chi connectivity index (χ2n) is 7.66. The van der Waals surface area contributed by atoms with E-state index in [1.807, 2.05) is 40.7 Å². The Morgan fingerprint density at radius 3 is 2.61 bits per heavy atom. The van der Waals surface area contributed by atoms with Gasteiger partial charge in [0.2, 0.25) is 5.89 Å². The van der Waals surface area contributed by atoms with Crippen LogP contribution in [0.25, 0.3) is 0 Å². The summed E-state index contributed by atoms with van der Waals surface area (Å²) in [5.74, 6) is 1.00. The number of carbonyl (C=O) groups is 1. The minimum Gasteiger partial charge on any atom is -0.339 e. The average Bonchev–Trinajstić information content (AvgIpc) is 3.12. The summed E-state index contributed by atoms with van der Waals surface area (Å²) in [5, 5.41) is 7.08. The number of carbonyl (C=O) groups excluding carboxylic acids is 1. The number of aryl methyl sites for hydroxylation is 2. The van der Waals surface area contributed by atoms with E-state index >= 15 is 0 Å². The summed E-state index contributed by atoms with van der Waals surface area (Å²) in [6.45, 7) is 9.84. The molecule has 1 N–H and O–H groups in total. The van der Waals surface area contributed by atoms with Gasteiger partial charge in [0.1, 0.15) is 0 Å². The van der Waals surface area contributed by atoms with Gasteiger partial charge in [0, 0.05) is 10.3 Å². The zero-order valence-corrected chi connectivity index (χ0v) is 15.1. The van der Waals surface area contributed by atoms with E-state index in [4.69, 9.17) is 4.52 Å². The number of nitrogens with one attached hydrogen (secondary N) is 1. The summed E-state index contributed by atoms with van der Waals surface area (Å²) in [6.07, 6.45) is 3.38. The molecule has 5 nitrogen and oxygen atoms in total. The van der Waals surface area contributed by atoms with E-state index in [-0.39, 0.29) is 11.3 Å². The predicted octanol–water partition coefficient (Wildman–Crippen LogP) is 3.58. The SMILES string of the molecule is CC(C)(C)c1nc(C(C)(C)NC(=O)c2cc3c(s2)CCC3)no1. The van der Waals surface area contributed by atoms with E-state index in [9.17, 15) is 4.79 Å². The van der Waals surface area contributed by atoms with Crippen LogP contribution in [-0.2, 0) is 23.8 Å². The fourth-order valence-electron chi connectivity index (χ4n) is 2.62. The van der Waals surface area contributed by atoms with Crippen LogP contribution in [0.3, 0.4) is 0 Å². The molecule has 2 aromatic rings. The van der Waals surface area contributed by atoms with Gasteiger partial charge < -0.3 is 9.84 Å². The Hall–Kier alpha value is -1.69. The molecule has 0 unspecified atom stereocenters. The van der Waals surface area contributed by atoms with Crippen LogP contribution in [0.4, 0.5) is 0 Å². The minimum atomic E-state index is -0.682. The van der Waals surface area contributed by atoms with Gasteiger partial charge in [-0.05, 0) is 44.7 Å². The Bertz CT molecular complexity index is 716. The molecule has 0 radical (unpaired) electrons. The van der Waals surface area contributed by atoms with E-state index in [1.165, 1.54) is 16.9 Å². The minimum absolute atomic E-state index is 0.0727. The number of rotatable bonds is 3. The first kappa shape index (κ1) is 16.2. The molecule has 2 aromatic heterocycles. The topological polar surface area (TPSA) is 68.0 Å². The van der Waals surface area contributed by atoms with Gasteiger partial charge in [-0.3, -0.25) is 4.79 Å². The standard InChI is InChI=1S/C17H23N3O2S/c1-16(2,3)15-18-14(20-22-15)17(4,5)19-13(21)12-9-10-7-6-8-11(10)23-12/h9H,6-8H2,1-5H3,(H,19,21). The van der Waals surface area contributed by atoms with Crippen LogP contribution in [0.15, 0.2) is 10.6 Å². The summed E-state index contributed by atoms with van der Waals surface area (Å²) in [4.78, 5) is 19.1. The molecule has 0 aromatic carbocycles. The maximum absolute atomic E-state index is 12.6. The molecule has 0 saturated heterocycles. The van der Waals surface area contributed by atoms with Crippen LogP contribution in [0, 0.1) is 0 Å². The molecule has 1 aliphatic carbocycles. The lowest BCUT2D eigenvalue weighted by atomic mass is 9.97. The molecule has 0 aliphatic heterocycles. The van der Waals surface area contributed by atoms with Crippen molar-refractivity contribution in [2.24, 2.45) is 0 Å². The zero-order valence-electron chi connectivity index (χ0n) is 14.3. The van der Waals surface area contributed by atoms with Crippen LogP contribution in [-0.4, -0.2) is 16.0 Å². The molecular formula is C17H23N3O2S. The average molecular weight is 333 g/mol. The Balaban J connectivity index is 1.77. The molecule has 2 heterocycles. The maximum Gasteiger partial charge on any atom is 0.262 e. The van der Waals surface area contributed by atoms with Gasteiger partial charge in [0.25, 0.3) is 5.91 Å². The fourth-order valence-corrected chi connectivity index (χ4v) is 3.77. The van der Waals surface area contributed by atoms with Crippen LogP contribution >= 0.6 is 11.3 Å². The molecule has 0 fully saturated rings. The second kappa shape index (κ2) is 5.44.